The Morgan fingerprint density at radius 2 is 1.82 bits per heavy atom. The molecule has 0 aliphatic rings. The Hall–Kier alpha value is -0.220. The van der Waals surface area contributed by atoms with Crippen LogP contribution in [0.1, 0.15) is 48.0 Å². The summed E-state index contributed by atoms with van der Waals surface area (Å²) in [5.74, 6) is 0.0775. The summed E-state index contributed by atoms with van der Waals surface area (Å²) in [4.78, 5) is 11.9. The van der Waals surface area contributed by atoms with Gasteiger partial charge in [-0.3, -0.25) is 4.79 Å². The van der Waals surface area contributed by atoms with Crippen LogP contribution in [0.15, 0.2) is 0 Å². The Morgan fingerprint density at radius 1 is 1.29 bits per heavy atom. The molecule has 17 heavy (non-hydrogen) atoms. The van der Waals surface area contributed by atoms with Crippen LogP contribution in [0.3, 0.4) is 0 Å². The molecule has 2 N–H and O–H groups in total. The van der Waals surface area contributed by atoms with E-state index >= 15 is 0 Å². The van der Waals surface area contributed by atoms with E-state index in [1.165, 1.54) is 0 Å². The lowest BCUT2D eigenvalue weighted by molar-refractivity contribution is -0.124. The summed E-state index contributed by atoms with van der Waals surface area (Å²) in [6.07, 6.45) is 3.02. The Labute approximate surface area is 111 Å². The SMILES string of the molecule is CCC(C)(C)NC(=O)C(C)NCC(C)(C)SC. The zero-order valence-corrected chi connectivity index (χ0v) is 13.1. The maximum absolute atomic E-state index is 11.9. The highest BCUT2D eigenvalue weighted by Gasteiger charge is 2.23. The van der Waals surface area contributed by atoms with Crippen molar-refractivity contribution in [2.45, 2.75) is 64.3 Å². The van der Waals surface area contributed by atoms with Crippen molar-refractivity contribution in [1.82, 2.24) is 10.6 Å². The molecule has 0 heterocycles. The molecule has 0 radical (unpaired) electrons. The minimum atomic E-state index is -0.146. The third-order valence-electron chi connectivity index (χ3n) is 3.13. The van der Waals surface area contributed by atoms with E-state index in [0.29, 0.717) is 0 Å². The van der Waals surface area contributed by atoms with Crippen molar-refractivity contribution < 1.29 is 4.79 Å². The zero-order chi connectivity index (χ0) is 13.7. The normalized spacial score (nSPS) is 14.5. The Morgan fingerprint density at radius 3 is 2.24 bits per heavy atom. The summed E-state index contributed by atoms with van der Waals surface area (Å²) in [5.41, 5.74) is -0.123. The Kier molecular flexibility index (Phi) is 6.56. The standard InChI is InChI=1S/C13H28N2OS/c1-8-12(3,4)15-11(16)10(2)14-9-13(5,6)17-7/h10,14H,8-9H2,1-7H3,(H,15,16). The highest BCUT2D eigenvalue weighted by Crippen LogP contribution is 2.19. The first-order chi connectivity index (χ1) is 7.63. The molecule has 1 amide bonds. The first-order valence-corrected chi connectivity index (χ1v) is 7.46. The van der Waals surface area contributed by atoms with Crippen molar-refractivity contribution in [2.24, 2.45) is 0 Å². The lowest BCUT2D eigenvalue weighted by Gasteiger charge is -2.29. The van der Waals surface area contributed by atoms with Gasteiger partial charge >= 0.3 is 0 Å². The number of carbonyl (C=O) groups excluding carboxylic acids is 1. The van der Waals surface area contributed by atoms with E-state index in [1.807, 2.05) is 20.8 Å². The number of thioether (sulfide) groups is 1. The highest BCUT2D eigenvalue weighted by atomic mass is 32.2. The van der Waals surface area contributed by atoms with Crippen molar-refractivity contribution in [1.29, 1.82) is 0 Å². The molecule has 0 aromatic heterocycles. The summed E-state index contributed by atoms with van der Waals surface area (Å²) in [6, 6.07) is -0.146. The van der Waals surface area contributed by atoms with Crippen LogP contribution in [0.5, 0.6) is 0 Å². The molecule has 0 fully saturated rings. The first kappa shape index (κ1) is 16.8. The van der Waals surface area contributed by atoms with Crippen molar-refractivity contribution in [3.05, 3.63) is 0 Å². The number of amides is 1. The van der Waals surface area contributed by atoms with Crippen LogP contribution in [0.25, 0.3) is 0 Å². The topological polar surface area (TPSA) is 41.1 Å². The molecule has 0 aliphatic carbocycles. The van der Waals surface area contributed by atoms with Gasteiger partial charge in [-0.15, -0.1) is 0 Å². The fourth-order valence-corrected chi connectivity index (χ4v) is 1.32. The van der Waals surface area contributed by atoms with Gasteiger partial charge in [0, 0.05) is 16.8 Å². The van der Waals surface area contributed by atoms with Crippen LogP contribution < -0.4 is 10.6 Å². The van der Waals surface area contributed by atoms with Crippen LogP contribution in [0, 0.1) is 0 Å². The molecule has 0 aliphatic heterocycles. The van der Waals surface area contributed by atoms with Gasteiger partial charge in [0.1, 0.15) is 0 Å². The molecular weight excluding hydrogens is 232 g/mol. The summed E-state index contributed by atoms with van der Waals surface area (Å²) in [6.45, 7) is 13.3. The summed E-state index contributed by atoms with van der Waals surface area (Å²) >= 11 is 1.80. The molecule has 3 nitrogen and oxygen atoms in total. The minimum Gasteiger partial charge on any atom is -0.350 e. The number of rotatable bonds is 7. The predicted octanol–water partition coefficient (Wildman–Crippen LogP) is 2.41. The molecule has 102 valence electrons. The molecular formula is C13H28N2OS. The van der Waals surface area contributed by atoms with Gasteiger partial charge in [0.2, 0.25) is 5.91 Å². The van der Waals surface area contributed by atoms with Gasteiger partial charge in [-0.2, -0.15) is 11.8 Å². The number of hydrogen-bond donors (Lipinski definition) is 2. The second kappa shape index (κ2) is 6.64. The molecule has 1 atom stereocenters. The van der Waals surface area contributed by atoms with E-state index in [0.717, 1.165) is 13.0 Å². The molecule has 0 bridgehead atoms. The van der Waals surface area contributed by atoms with E-state index in [2.05, 4.69) is 37.7 Å². The van der Waals surface area contributed by atoms with Crippen LogP contribution >= 0.6 is 11.8 Å². The largest absolute Gasteiger partial charge is 0.350 e. The fraction of sp³-hybridized carbons (Fsp3) is 0.923. The fourth-order valence-electron chi connectivity index (χ4n) is 1.09. The van der Waals surface area contributed by atoms with Gasteiger partial charge in [0.25, 0.3) is 0 Å². The average molecular weight is 260 g/mol. The number of nitrogens with one attached hydrogen (secondary N) is 2. The summed E-state index contributed by atoms with van der Waals surface area (Å²) in [7, 11) is 0. The lowest BCUT2D eigenvalue weighted by atomic mass is 10.0. The monoisotopic (exact) mass is 260 g/mol. The van der Waals surface area contributed by atoms with E-state index < -0.39 is 0 Å². The van der Waals surface area contributed by atoms with E-state index in [-0.39, 0.29) is 22.2 Å². The maximum Gasteiger partial charge on any atom is 0.237 e. The van der Waals surface area contributed by atoms with E-state index in [9.17, 15) is 4.79 Å². The minimum absolute atomic E-state index is 0.0775. The van der Waals surface area contributed by atoms with Gasteiger partial charge in [-0.1, -0.05) is 6.92 Å². The van der Waals surface area contributed by atoms with Crippen LogP contribution in [0.2, 0.25) is 0 Å². The highest BCUT2D eigenvalue weighted by molar-refractivity contribution is 7.99. The third kappa shape index (κ3) is 6.94. The van der Waals surface area contributed by atoms with E-state index in [1.54, 1.807) is 11.8 Å². The molecule has 4 heteroatoms. The number of hydrogen-bond acceptors (Lipinski definition) is 3. The summed E-state index contributed by atoms with van der Waals surface area (Å²) < 4.78 is 0.162. The van der Waals surface area contributed by atoms with Gasteiger partial charge in [0.05, 0.1) is 6.04 Å². The maximum atomic E-state index is 11.9. The van der Waals surface area contributed by atoms with Crippen molar-refractivity contribution in [2.75, 3.05) is 12.8 Å². The third-order valence-corrected chi connectivity index (χ3v) is 4.37. The van der Waals surface area contributed by atoms with Crippen LogP contribution in [-0.4, -0.2) is 35.0 Å². The molecule has 0 saturated carbocycles. The molecule has 1 unspecified atom stereocenters. The van der Waals surface area contributed by atoms with Crippen LogP contribution in [0.4, 0.5) is 0 Å². The van der Waals surface area contributed by atoms with Crippen molar-refractivity contribution in [3.8, 4) is 0 Å². The van der Waals surface area contributed by atoms with Gasteiger partial charge in [0.15, 0.2) is 0 Å². The molecule has 0 saturated heterocycles. The second-order valence-corrected chi connectivity index (χ2v) is 7.31. The predicted molar refractivity (Wildman–Crippen MR) is 77.6 cm³/mol. The van der Waals surface area contributed by atoms with Gasteiger partial charge in [-0.05, 0) is 47.3 Å². The molecule has 0 aromatic rings. The van der Waals surface area contributed by atoms with Gasteiger partial charge < -0.3 is 10.6 Å². The average Bonchev–Trinajstić information content (AvgIpc) is 2.25. The molecule has 0 rings (SSSR count). The van der Waals surface area contributed by atoms with Crippen molar-refractivity contribution >= 4 is 17.7 Å². The first-order valence-electron chi connectivity index (χ1n) is 6.24. The zero-order valence-electron chi connectivity index (χ0n) is 12.3. The Bertz CT molecular complexity index is 252. The van der Waals surface area contributed by atoms with Crippen molar-refractivity contribution in [3.63, 3.8) is 0 Å². The van der Waals surface area contributed by atoms with Gasteiger partial charge in [-0.25, -0.2) is 0 Å². The second-order valence-electron chi connectivity index (χ2n) is 5.79. The summed E-state index contributed by atoms with van der Waals surface area (Å²) in [5, 5.41) is 6.34. The lowest BCUT2D eigenvalue weighted by Crippen LogP contribution is -2.52. The van der Waals surface area contributed by atoms with E-state index in [4.69, 9.17) is 0 Å². The number of carbonyl (C=O) groups is 1. The Balaban J connectivity index is 4.16. The smallest absolute Gasteiger partial charge is 0.237 e. The quantitative estimate of drug-likeness (QED) is 0.738. The molecule has 0 aromatic carbocycles. The van der Waals surface area contributed by atoms with Crippen LogP contribution in [-0.2, 0) is 4.79 Å². The molecule has 0 spiro atoms.